The van der Waals surface area contributed by atoms with Gasteiger partial charge in [0.05, 0.1) is 6.42 Å². The van der Waals surface area contributed by atoms with Crippen LogP contribution in [0.1, 0.15) is 122 Å². The molecule has 6 heteroatoms. The minimum atomic E-state index is -1.18. The zero-order chi connectivity index (χ0) is 24.2. The van der Waals surface area contributed by atoms with Gasteiger partial charge in [-0.1, -0.05) is 89.4 Å². The molecule has 1 unspecified atom stereocenters. The van der Waals surface area contributed by atoms with Gasteiger partial charge in [0.1, 0.15) is 0 Å². The van der Waals surface area contributed by atoms with Crippen molar-refractivity contribution >= 4 is 17.8 Å². The summed E-state index contributed by atoms with van der Waals surface area (Å²) in [6, 6.07) is 0. The van der Waals surface area contributed by atoms with Crippen LogP contribution in [-0.4, -0.2) is 34.2 Å². The van der Waals surface area contributed by atoms with Gasteiger partial charge in [0, 0.05) is 19.3 Å². The molecule has 1 heterocycles. The van der Waals surface area contributed by atoms with Crippen molar-refractivity contribution in [2.24, 2.45) is 0 Å². The maximum atomic E-state index is 11.7. The highest BCUT2D eigenvalue weighted by molar-refractivity contribution is 6.04. The molecule has 1 atom stereocenters. The predicted octanol–water partition coefficient (Wildman–Crippen LogP) is 5.70. The Kier molecular flexibility index (Phi) is 16.7. The molecule has 0 aliphatic carbocycles. The van der Waals surface area contributed by atoms with Crippen LogP contribution in [0.5, 0.6) is 0 Å². The number of hydrogen-bond acceptors (Lipinski definition) is 5. The van der Waals surface area contributed by atoms with E-state index in [2.05, 4.69) is 30.6 Å². The Morgan fingerprint density at radius 1 is 0.848 bits per heavy atom. The molecule has 1 aliphatic heterocycles. The SMILES string of the molecule is CCCCCCCCCCC#CC#CCCCCCCCCC(=O)OC1CC(=O)N(O)C1=O. The number of nitrogens with zero attached hydrogens (tertiary/aromatic N) is 1. The molecule has 6 nitrogen and oxygen atoms in total. The van der Waals surface area contributed by atoms with Gasteiger partial charge in [-0.05, 0) is 31.1 Å². The van der Waals surface area contributed by atoms with E-state index in [4.69, 9.17) is 9.94 Å². The van der Waals surface area contributed by atoms with Crippen molar-refractivity contribution in [2.45, 2.75) is 129 Å². The molecule has 184 valence electrons. The molecule has 1 saturated heterocycles. The smallest absolute Gasteiger partial charge is 0.306 e. The number of unbranched alkanes of at least 4 members (excludes halogenated alkanes) is 14. The fraction of sp³-hybridized carbons (Fsp3) is 0.741. The van der Waals surface area contributed by atoms with Crippen LogP contribution in [0.15, 0.2) is 0 Å². The van der Waals surface area contributed by atoms with E-state index in [1.54, 1.807) is 0 Å². The number of amides is 2. The molecule has 0 saturated carbocycles. The Morgan fingerprint density at radius 2 is 1.33 bits per heavy atom. The van der Waals surface area contributed by atoms with Gasteiger partial charge in [-0.15, -0.1) is 0 Å². The summed E-state index contributed by atoms with van der Waals surface area (Å²) >= 11 is 0. The summed E-state index contributed by atoms with van der Waals surface area (Å²) in [5, 5.41) is 9.15. The van der Waals surface area contributed by atoms with E-state index in [-0.39, 0.29) is 17.9 Å². The number of ether oxygens (including phenoxy) is 1. The lowest BCUT2D eigenvalue weighted by Gasteiger charge is -2.09. The third-order valence-corrected chi connectivity index (χ3v) is 5.68. The van der Waals surface area contributed by atoms with Crippen LogP contribution in [0.4, 0.5) is 0 Å². The molecule has 1 rings (SSSR count). The second-order valence-electron chi connectivity index (χ2n) is 8.68. The average Bonchev–Trinajstić information content (AvgIpc) is 3.04. The van der Waals surface area contributed by atoms with Crippen molar-refractivity contribution in [3.63, 3.8) is 0 Å². The maximum Gasteiger partial charge on any atom is 0.306 e. The molecule has 1 N–H and O–H groups in total. The number of carbonyl (C=O) groups is 3. The molecule has 0 aromatic heterocycles. The second-order valence-corrected chi connectivity index (χ2v) is 8.68. The normalized spacial score (nSPS) is 15.1. The third-order valence-electron chi connectivity index (χ3n) is 5.68. The van der Waals surface area contributed by atoms with E-state index < -0.39 is 23.9 Å². The summed E-state index contributed by atoms with van der Waals surface area (Å²) in [5.41, 5.74) is 0. The van der Waals surface area contributed by atoms with Gasteiger partial charge in [-0.3, -0.25) is 19.6 Å². The molecule has 1 aliphatic rings. The summed E-state index contributed by atoms with van der Waals surface area (Å²) < 4.78 is 4.97. The summed E-state index contributed by atoms with van der Waals surface area (Å²) in [7, 11) is 0. The number of rotatable bonds is 17. The zero-order valence-electron chi connectivity index (χ0n) is 20.3. The van der Waals surface area contributed by atoms with Crippen LogP contribution in [0.25, 0.3) is 0 Å². The Morgan fingerprint density at radius 3 is 1.82 bits per heavy atom. The quantitative estimate of drug-likeness (QED) is 0.0991. The number of hydroxylamine groups is 2. The van der Waals surface area contributed by atoms with Crippen molar-refractivity contribution in [1.29, 1.82) is 0 Å². The first-order valence-corrected chi connectivity index (χ1v) is 12.8. The number of esters is 1. The summed E-state index contributed by atoms with van der Waals surface area (Å²) in [5.74, 6) is 10.1. The van der Waals surface area contributed by atoms with E-state index >= 15 is 0 Å². The Balaban J connectivity index is 1.88. The highest BCUT2D eigenvalue weighted by Crippen LogP contribution is 2.16. The van der Waals surface area contributed by atoms with Gasteiger partial charge in [-0.25, -0.2) is 0 Å². The molecule has 0 aromatic rings. The number of carbonyl (C=O) groups excluding carboxylic acids is 3. The van der Waals surface area contributed by atoms with E-state index in [1.807, 2.05) is 0 Å². The van der Waals surface area contributed by atoms with Gasteiger partial charge < -0.3 is 4.74 Å². The van der Waals surface area contributed by atoms with Crippen molar-refractivity contribution in [1.82, 2.24) is 5.06 Å². The third kappa shape index (κ3) is 14.5. The fourth-order valence-corrected chi connectivity index (χ4v) is 3.65. The van der Waals surface area contributed by atoms with Crippen LogP contribution in [0, 0.1) is 23.7 Å². The first-order chi connectivity index (χ1) is 16.1. The van der Waals surface area contributed by atoms with E-state index in [1.165, 1.54) is 51.4 Å². The summed E-state index contributed by atoms with van der Waals surface area (Å²) in [4.78, 5) is 34.4. The number of hydrogen-bond donors (Lipinski definition) is 1. The van der Waals surface area contributed by atoms with Gasteiger partial charge >= 0.3 is 5.97 Å². The molecule has 0 spiro atoms. The molecule has 1 fully saturated rings. The van der Waals surface area contributed by atoms with Crippen molar-refractivity contribution in [3.05, 3.63) is 0 Å². The fourth-order valence-electron chi connectivity index (χ4n) is 3.65. The van der Waals surface area contributed by atoms with Crippen LogP contribution in [0.2, 0.25) is 0 Å². The summed E-state index contributed by atoms with van der Waals surface area (Å²) in [6.45, 7) is 2.25. The Hall–Kier alpha value is -2.31. The van der Waals surface area contributed by atoms with Gasteiger partial charge in [-0.2, -0.15) is 5.06 Å². The summed E-state index contributed by atoms with van der Waals surface area (Å²) in [6.07, 6.45) is 17.0. The Labute approximate surface area is 199 Å². The molecule has 2 amide bonds. The van der Waals surface area contributed by atoms with Crippen LogP contribution in [0.3, 0.4) is 0 Å². The lowest BCUT2D eigenvalue weighted by Crippen LogP contribution is -2.30. The lowest BCUT2D eigenvalue weighted by atomic mass is 10.1. The Bertz CT molecular complexity index is 709. The first-order valence-electron chi connectivity index (χ1n) is 12.8. The van der Waals surface area contributed by atoms with Crippen molar-refractivity contribution in [2.75, 3.05) is 0 Å². The van der Waals surface area contributed by atoms with E-state index in [9.17, 15) is 14.4 Å². The highest BCUT2D eigenvalue weighted by atomic mass is 16.6. The molecular formula is C27H41NO5. The molecular weight excluding hydrogens is 418 g/mol. The maximum absolute atomic E-state index is 11.7. The minimum Gasteiger partial charge on any atom is -0.452 e. The number of imide groups is 1. The van der Waals surface area contributed by atoms with Crippen molar-refractivity contribution < 1.29 is 24.3 Å². The minimum absolute atomic E-state index is 0.0208. The average molecular weight is 460 g/mol. The molecule has 0 bridgehead atoms. The van der Waals surface area contributed by atoms with Gasteiger partial charge in [0.2, 0.25) is 0 Å². The molecule has 33 heavy (non-hydrogen) atoms. The second kappa shape index (κ2) is 19.2. The van der Waals surface area contributed by atoms with Crippen LogP contribution < -0.4 is 0 Å². The van der Waals surface area contributed by atoms with Gasteiger partial charge in [0.15, 0.2) is 6.10 Å². The van der Waals surface area contributed by atoms with E-state index in [0.717, 1.165) is 44.9 Å². The largest absolute Gasteiger partial charge is 0.452 e. The lowest BCUT2D eigenvalue weighted by molar-refractivity contribution is -0.176. The standard InChI is InChI=1S/C27H41NO5/c1-2-3-4-5-6-7-8-9-10-11-12-13-14-15-16-17-18-19-20-21-22-26(30)33-24-23-25(29)28(32)27(24)31/h24,32H,2-10,15-23H2,1H3. The van der Waals surface area contributed by atoms with Crippen molar-refractivity contribution in [3.8, 4) is 23.7 Å². The highest BCUT2D eigenvalue weighted by Gasteiger charge is 2.40. The topological polar surface area (TPSA) is 83.9 Å². The monoisotopic (exact) mass is 459 g/mol. The van der Waals surface area contributed by atoms with Crippen LogP contribution in [-0.2, 0) is 19.1 Å². The van der Waals surface area contributed by atoms with Gasteiger partial charge in [0.25, 0.3) is 11.8 Å². The first kappa shape index (κ1) is 28.7. The molecule has 0 aromatic carbocycles. The molecule has 0 radical (unpaired) electrons. The zero-order valence-corrected chi connectivity index (χ0v) is 20.3. The van der Waals surface area contributed by atoms with E-state index in [0.29, 0.717) is 6.42 Å². The van der Waals surface area contributed by atoms with Crippen LogP contribution >= 0.6 is 0 Å². The predicted molar refractivity (Wildman–Crippen MR) is 128 cm³/mol.